The first-order valence-corrected chi connectivity index (χ1v) is 6.23. The van der Waals surface area contributed by atoms with Gasteiger partial charge in [-0.05, 0) is 31.0 Å². The molecule has 1 aromatic carbocycles. The smallest absolute Gasteiger partial charge is 0.128 e. The van der Waals surface area contributed by atoms with Gasteiger partial charge in [0.1, 0.15) is 11.6 Å². The second kappa shape index (κ2) is 6.05. The zero-order valence-corrected chi connectivity index (χ0v) is 10.9. The van der Waals surface area contributed by atoms with Crippen LogP contribution in [0.2, 0.25) is 0 Å². The standard InChI is InChI=1S/C15H19N3/c1-12(11-13-7-4-3-5-8-13)17-15-10-6-9-14(16-2)18-15/h3-10,12H,11H2,1-2H3,(H2,16,17,18). The van der Waals surface area contributed by atoms with E-state index in [2.05, 4.69) is 46.8 Å². The predicted molar refractivity (Wildman–Crippen MR) is 77.0 cm³/mol. The minimum absolute atomic E-state index is 0.354. The van der Waals surface area contributed by atoms with Gasteiger partial charge in [0.05, 0.1) is 0 Å². The highest BCUT2D eigenvalue weighted by Crippen LogP contribution is 2.11. The van der Waals surface area contributed by atoms with Crippen LogP contribution in [-0.4, -0.2) is 18.1 Å². The van der Waals surface area contributed by atoms with Crippen LogP contribution < -0.4 is 10.6 Å². The van der Waals surface area contributed by atoms with Crippen LogP contribution in [0.3, 0.4) is 0 Å². The number of hydrogen-bond acceptors (Lipinski definition) is 3. The van der Waals surface area contributed by atoms with Crippen molar-refractivity contribution in [2.45, 2.75) is 19.4 Å². The summed E-state index contributed by atoms with van der Waals surface area (Å²) in [6.45, 7) is 2.17. The minimum Gasteiger partial charge on any atom is -0.373 e. The molecule has 2 N–H and O–H groups in total. The quantitative estimate of drug-likeness (QED) is 0.844. The molecule has 1 heterocycles. The summed E-state index contributed by atoms with van der Waals surface area (Å²) in [6, 6.07) is 16.8. The molecule has 1 aromatic heterocycles. The fourth-order valence-corrected chi connectivity index (χ4v) is 1.93. The van der Waals surface area contributed by atoms with Crippen molar-refractivity contribution in [3.63, 3.8) is 0 Å². The van der Waals surface area contributed by atoms with Crippen molar-refractivity contribution >= 4 is 11.6 Å². The zero-order valence-electron chi connectivity index (χ0n) is 10.9. The van der Waals surface area contributed by atoms with E-state index < -0.39 is 0 Å². The van der Waals surface area contributed by atoms with Crippen LogP contribution in [0, 0.1) is 0 Å². The molecule has 3 nitrogen and oxygen atoms in total. The molecule has 0 fully saturated rings. The third kappa shape index (κ3) is 3.48. The van der Waals surface area contributed by atoms with Crippen LogP contribution in [0.1, 0.15) is 12.5 Å². The second-order valence-corrected chi connectivity index (χ2v) is 4.39. The first-order valence-electron chi connectivity index (χ1n) is 6.23. The Morgan fingerprint density at radius 3 is 2.44 bits per heavy atom. The number of aromatic nitrogens is 1. The van der Waals surface area contributed by atoms with Gasteiger partial charge in [-0.3, -0.25) is 0 Å². The number of benzene rings is 1. The molecule has 94 valence electrons. The summed E-state index contributed by atoms with van der Waals surface area (Å²) in [5, 5.41) is 6.45. The predicted octanol–water partition coefficient (Wildman–Crippen LogP) is 3.17. The fraction of sp³-hybridized carbons (Fsp3) is 0.267. The number of rotatable bonds is 5. The number of hydrogen-bond donors (Lipinski definition) is 2. The molecule has 0 aliphatic carbocycles. The van der Waals surface area contributed by atoms with E-state index in [1.165, 1.54) is 5.56 Å². The van der Waals surface area contributed by atoms with Gasteiger partial charge in [0.25, 0.3) is 0 Å². The highest BCUT2D eigenvalue weighted by Gasteiger charge is 2.04. The van der Waals surface area contributed by atoms with Crippen molar-refractivity contribution in [1.29, 1.82) is 0 Å². The van der Waals surface area contributed by atoms with Gasteiger partial charge in [-0.2, -0.15) is 0 Å². The van der Waals surface area contributed by atoms with E-state index in [1.807, 2.05) is 31.3 Å². The summed E-state index contributed by atoms with van der Waals surface area (Å²) >= 11 is 0. The van der Waals surface area contributed by atoms with E-state index in [-0.39, 0.29) is 0 Å². The summed E-state index contributed by atoms with van der Waals surface area (Å²) in [5.74, 6) is 1.79. The maximum Gasteiger partial charge on any atom is 0.128 e. The lowest BCUT2D eigenvalue weighted by atomic mass is 10.1. The van der Waals surface area contributed by atoms with Gasteiger partial charge in [-0.1, -0.05) is 36.4 Å². The third-order valence-electron chi connectivity index (χ3n) is 2.78. The van der Waals surface area contributed by atoms with Crippen molar-refractivity contribution in [2.75, 3.05) is 17.7 Å². The average Bonchev–Trinajstić information content (AvgIpc) is 2.40. The molecule has 2 rings (SSSR count). The minimum atomic E-state index is 0.354. The molecule has 0 aliphatic rings. The fourth-order valence-electron chi connectivity index (χ4n) is 1.93. The molecule has 0 amide bonds. The highest BCUT2D eigenvalue weighted by atomic mass is 15.1. The molecule has 0 radical (unpaired) electrons. The van der Waals surface area contributed by atoms with E-state index in [0.717, 1.165) is 18.1 Å². The van der Waals surface area contributed by atoms with Crippen LogP contribution in [-0.2, 0) is 6.42 Å². The van der Waals surface area contributed by atoms with Gasteiger partial charge in [-0.25, -0.2) is 4.98 Å². The number of pyridine rings is 1. The van der Waals surface area contributed by atoms with Crippen LogP contribution in [0.5, 0.6) is 0 Å². The highest BCUT2D eigenvalue weighted by molar-refractivity contribution is 5.45. The SMILES string of the molecule is CNc1cccc(NC(C)Cc2ccccc2)n1. The first kappa shape index (κ1) is 12.4. The lowest BCUT2D eigenvalue weighted by molar-refractivity contribution is 0.785. The van der Waals surface area contributed by atoms with Gasteiger partial charge in [0.15, 0.2) is 0 Å². The molecule has 2 aromatic rings. The summed E-state index contributed by atoms with van der Waals surface area (Å²) < 4.78 is 0. The van der Waals surface area contributed by atoms with Gasteiger partial charge in [0, 0.05) is 13.1 Å². The molecule has 0 bridgehead atoms. The molecule has 0 aliphatic heterocycles. The lowest BCUT2D eigenvalue weighted by Gasteiger charge is -2.15. The molecule has 1 atom stereocenters. The van der Waals surface area contributed by atoms with E-state index >= 15 is 0 Å². The summed E-state index contributed by atoms with van der Waals surface area (Å²) in [6.07, 6.45) is 0.992. The molecule has 0 saturated carbocycles. The first-order chi connectivity index (χ1) is 8.78. The van der Waals surface area contributed by atoms with E-state index in [4.69, 9.17) is 0 Å². The van der Waals surface area contributed by atoms with Crippen molar-refractivity contribution in [3.05, 3.63) is 54.1 Å². The second-order valence-electron chi connectivity index (χ2n) is 4.39. The summed E-state index contributed by atoms with van der Waals surface area (Å²) in [4.78, 5) is 4.45. The lowest BCUT2D eigenvalue weighted by Crippen LogP contribution is -2.18. The Morgan fingerprint density at radius 2 is 1.72 bits per heavy atom. The van der Waals surface area contributed by atoms with Crippen molar-refractivity contribution < 1.29 is 0 Å². The Morgan fingerprint density at radius 1 is 1.00 bits per heavy atom. The Balaban J connectivity index is 1.96. The normalized spacial score (nSPS) is 11.9. The maximum atomic E-state index is 4.45. The molecular weight excluding hydrogens is 222 g/mol. The number of anilines is 2. The van der Waals surface area contributed by atoms with Crippen LogP contribution in [0.15, 0.2) is 48.5 Å². The molecule has 3 heteroatoms. The van der Waals surface area contributed by atoms with Gasteiger partial charge in [-0.15, -0.1) is 0 Å². The Kier molecular flexibility index (Phi) is 4.18. The van der Waals surface area contributed by atoms with E-state index in [1.54, 1.807) is 0 Å². The van der Waals surface area contributed by atoms with Crippen molar-refractivity contribution in [3.8, 4) is 0 Å². The van der Waals surface area contributed by atoms with Crippen molar-refractivity contribution in [2.24, 2.45) is 0 Å². The molecule has 0 saturated heterocycles. The van der Waals surface area contributed by atoms with E-state index in [0.29, 0.717) is 6.04 Å². The molecule has 0 spiro atoms. The van der Waals surface area contributed by atoms with Gasteiger partial charge >= 0.3 is 0 Å². The zero-order chi connectivity index (χ0) is 12.8. The Hall–Kier alpha value is -2.03. The van der Waals surface area contributed by atoms with Crippen LogP contribution in [0.4, 0.5) is 11.6 Å². The maximum absolute atomic E-state index is 4.45. The van der Waals surface area contributed by atoms with E-state index in [9.17, 15) is 0 Å². The van der Waals surface area contributed by atoms with Gasteiger partial charge in [0.2, 0.25) is 0 Å². The third-order valence-corrected chi connectivity index (χ3v) is 2.78. The van der Waals surface area contributed by atoms with Crippen LogP contribution >= 0.6 is 0 Å². The summed E-state index contributed by atoms with van der Waals surface area (Å²) in [5.41, 5.74) is 1.34. The molecule has 1 unspecified atom stereocenters. The monoisotopic (exact) mass is 241 g/mol. The Bertz CT molecular complexity index is 482. The Labute approximate surface area is 108 Å². The number of nitrogens with zero attached hydrogens (tertiary/aromatic N) is 1. The average molecular weight is 241 g/mol. The number of nitrogens with one attached hydrogen (secondary N) is 2. The topological polar surface area (TPSA) is 37.0 Å². The van der Waals surface area contributed by atoms with Crippen LogP contribution in [0.25, 0.3) is 0 Å². The molecular formula is C15H19N3. The largest absolute Gasteiger partial charge is 0.373 e. The summed E-state index contributed by atoms with van der Waals surface area (Å²) in [7, 11) is 1.87. The van der Waals surface area contributed by atoms with Gasteiger partial charge < -0.3 is 10.6 Å². The molecule has 18 heavy (non-hydrogen) atoms. The van der Waals surface area contributed by atoms with Crippen molar-refractivity contribution in [1.82, 2.24) is 4.98 Å².